The van der Waals surface area contributed by atoms with Crippen LogP contribution in [0.15, 0.2) is 22.8 Å². The van der Waals surface area contributed by atoms with Gasteiger partial charge in [0, 0.05) is 12.6 Å². The molecule has 76 valence electrons. The average molecular weight is 194 g/mol. The zero-order valence-electron chi connectivity index (χ0n) is 7.95. The number of nitrogens with one attached hydrogen (secondary N) is 2. The topological polar surface area (TPSA) is 54.3 Å². The summed E-state index contributed by atoms with van der Waals surface area (Å²) in [6.45, 7) is 2.35. The molecule has 0 aliphatic carbocycles. The second-order valence-electron chi connectivity index (χ2n) is 3.47. The first-order valence-electron chi connectivity index (χ1n) is 4.87. The summed E-state index contributed by atoms with van der Waals surface area (Å²) in [6, 6.07) is 3.84. The molecule has 2 heterocycles. The van der Waals surface area contributed by atoms with Crippen molar-refractivity contribution in [1.29, 1.82) is 0 Å². The number of carbonyl (C=O) groups excluding carboxylic acids is 1. The molecule has 4 heteroatoms. The SMILES string of the molecule is O=C(CN[C@@H]1CCNC1)c1ccco1. The van der Waals surface area contributed by atoms with Crippen molar-refractivity contribution in [2.24, 2.45) is 0 Å². The van der Waals surface area contributed by atoms with Crippen molar-refractivity contribution in [2.75, 3.05) is 19.6 Å². The van der Waals surface area contributed by atoms with Crippen LogP contribution < -0.4 is 10.6 Å². The van der Waals surface area contributed by atoms with Gasteiger partial charge in [-0.15, -0.1) is 0 Å². The lowest BCUT2D eigenvalue weighted by atomic mass is 10.2. The number of carbonyl (C=O) groups is 1. The predicted molar refractivity (Wildman–Crippen MR) is 52.3 cm³/mol. The summed E-state index contributed by atoms with van der Waals surface area (Å²) in [5, 5.41) is 6.43. The molecule has 2 rings (SSSR count). The Kier molecular flexibility index (Phi) is 2.96. The molecular weight excluding hydrogens is 180 g/mol. The zero-order valence-corrected chi connectivity index (χ0v) is 7.95. The highest BCUT2D eigenvalue weighted by molar-refractivity contribution is 5.94. The lowest BCUT2D eigenvalue weighted by Gasteiger charge is -2.08. The number of Topliss-reactive ketones (excluding diaryl/α,β-unsaturated/α-hetero) is 1. The van der Waals surface area contributed by atoms with Crippen LogP contribution in [0.5, 0.6) is 0 Å². The summed E-state index contributed by atoms with van der Waals surface area (Å²) < 4.78 is 5.01. The van der Waals surface area contributed by atoms with E-state index in [4.69, 9.17) is 4.42 Å². The Balaban J connectivity index is 1.78. The number of hydrogen-bond donors (Lipinski definition) is 2. The van der Waals surface area contributed by atoms with E-state index in [1.165, 1.54) is 6.26 Å². The van der Waals surface area contributed by atoms with Gasteiger partial charge in [0.2, 0.25) is 5.78 Å². The van der Waals surface area contributed by atoms with Gasteiger partial charge in [-0.2, -0.15) is 0 Å². The van der Waals surface area contributed by atoms with E-state index in [1.54, 1.807) is 12.1 Å². The van der Waals surface area contributed by atoms with Gasteiger partial charge >= 0.3 is 0 Å². The van der Waals surface area contributed by atoms with E-state index in [-0.39, 0.29) is 5.78 Å². The van der Waals surface area contributed by atoms with Crippen molar-refractivity contribution in [2.45, 2.75) is 12.5 Å². The number of rotatable bonds is 4. The fourth-order valence-electron chi connectivity index (χ4n) is 1.59. The maximum Gasteiger partial charge on any atom is 0.211 e. The quantitative estimate of drug-likeness (QED) is 0.682. The van der Waals surface area contributed by atoms with Crippen LogP contribution in [0.25, 0.3) is 0 Å². The van der Waals surface area contributed by atoms with E-state index in [0.717, 1.165) is 19.5 Å². The molecule has 4 nitrogen and oxygen atoms in total. The first-order valence-corrected chi connectivity index (χ1v) is 4.87. The third-order valence-corrected chi connectivity index (χ3v) is 2.41. The normalized spacial score (nSPS) is 21.3. The molecule has 1 saturated heterocycles. The van der Waals surface area contributed by atoms with Gasteiger partial charge in [0.05, 0.1) is 12.8 Å². The van der Waals surface area contributed by atoms with Gasteiger partial charge < -0.3 is 15.1 Å². The van der Waals surface area contributed by atoms with Crippen molar-refractivity contribution in [3.63, 3.8) is 0 Å². The van der Waals surface area contributed by atoms with Crippen molar-refractivity contribution in [3.05, 3.63) is 24.2 Å². The second kappa shape index (κ2) is 4.39. The first kappa shape index (κ1) is 9.43. The predicted octanol–water partition coefficient (Wildman–Crippen LogP) is 0.414. The summed E-state index contributed by atoms with van der Waals surface area (Å²) >= 11 is 0. The Morgan fingerprint density at radius 3 is 3.29 bits per heavy atom. The van der Waals surface area contributed by atoms with Crippen LogP contribution in [-0.2, 0) is 0 Å². The maximum absolute atomic E-state index is 11.5. The van der Waals surface area contributed by atoms with E-state index < -0.39 is 0 Å². The van der Waals surface area contributed by atoms with Crippen molar-refractivity contribution in [1.82, 2.24) is 10.6 Å². The molecule has 1 aliphatic rings. The van der Waals surface area contributed by atoms with Crippen LogP contribution in [0.4, 0.5) is 0 Å². The largest absolute Gasteiger partial charge is 0.461 e. The summed E-state index contributed by atoms with van der Waals surface area (Å²) in [4.78, 5) is 11.5. The monoisotopic (exact) mass is 194 g/mol. The molecular formula is C10H14N2O2. The molecule has 0 bridgehead atoms. The fourth-order valence-corrected chi connectivity index (χ4v) is 1.59. The number of ketones is 1. The molecule has 0 radical (unpaired) electrons. The van der Waals surface area contributed by atoms with Gasteiger partial charge in [-0.25, -0.2) is 0 Å². The Labute approximate surface area is 82.7 Å². The van der Waals surface area contributed by atoms with Gasteiger partial charge in [-0.05, 0) is 25.1 Å². The molecule has 2 N–H and O–H groups in total. The zero-order chi connectivity index (χ0) is 9.80. The Morgan fingerprint density at radius 2 is 2.64 bits per heavy atom. The average Bonchev–Trinajstić information content (AvgIpc) is 2.87. The first-order chi connectivity index (χ1) is 6.86. The number of furan rings is 1. The third kappa shape index (κ3) is 2.21. The molecule has 1 atom stereocenters. The van der Waals surface area contributed by atoms with E-state index in [0.29, 0.717) is 18.3 Å². The highest BCUT2D eigenvalue weighted by atomic mass is 16.3. The standard InChI is InChI=1S/C10H14N2O2/c13-9(10-2-1-5-14-10)7-12-8-3-4-11-6-8/h1-2,5,8,11-12H,3-4,6-7H2/t8-/m1/s1. The van der Waals surface area contributed by atoms with Crippen LogP contribution in [0.1, 0.15) is 17.0 Å². The van der Waals surface area contributed by atoms with Crippen molar-refractivity contribution >= 4 is 5.78 Å². The minimum atomic E-state index is 0.0156. The van der Waals surface area contributed by atoms with Crippen molar-refractivity contribution < 1.29 is 9.21 Å². The minimum absolute atomic E-state index is 0.0156. The lowest BCUT2D eigenvalue weighted by Crippen LogP contribution is -2.35. The summed E-state index contributed by atoms with van der Waals surface area (Å²) in [5.41, 5.74) is 0. The van der Waals surface area contributed by atoms with Gasteiger partial charge in [0.1, 0.15) is 0 Å². The molecule has 1 fully saturated rings. The highest BCUT2D eigenvalue weighted by Crippen LogP contribution is 2.02. The molecule has 0 aromatic carbocycles. The summed E-state index contributed by atoms with van der Waals surface area (Å²) in [7, 11) is 0. The molecule has 0 spiro atoms. The summed E-state index contributed by atoms with van der Waals surface area (Å²) in [5.74, 6) is 0.449. The Hall–Kier alpha value is -1.13. The maximum atomic E-state index is 11.5. The highest BCUT2D eigenvalue weighted by Gasteiger charge is 2.16. The van der Waals surface area contributed by atoms with Crippen LogP contribution in [0.2, 0.25) is 0 Å². The van der Waals surface area contributed by atoms with E-state index in [9.17, 15) is 4.79 Å². The smallest absolute Gasteiger partial charge is 0.211 e. The third-order valence-electron chi connectivity index (χ3n) is 2.41. The van der Waals surface area contributed by atoms with Crippen molar-refractivity contribution in [3.8, 4) is 0 Å². The second-order valence-corrected chi connectivity index (χ2v) is 3.47. The molecule has 14 heavy (non-hydrogen) atoms. The molecule has 0 unspecified atom stereocenters. The Morgan fingerprint density at radius 1 is 1.71 bits per heavy atom. The molecule has 0 saturated carbocycles. The van der Waals surface area contributed by atoms with Crippen LogP contribution >= 0.6 is 0 Å². The molecule has 1 aromatic heterocycles. The number of hydrogen-bond acceptors (Lipinski definition) is 4. The van der Waals surface area contributed by atoms with Gasteiger partial charge in [-0.3, -0.25) is 4.79 Å². The van der Waals surface area contributed by atoms with E-state index in [1.807, 2.05) is 0 Å². The van der Waals surface area contributed by atoms with Crippen LogP contribution in [-0.4, -0.2) is 31.5 Å². The molecule has 0 amide bonds. The van der Waals surface area contributed by atoms with Gasteiger partial charge in [0.25, 0.3) is 0 Å². The summed E-state index contributed by atoms with van der Waals surface area (Å²) in [6.07, 6.45) is 2.61. The molecule has 1 aromatic rings. The lowest BCUT2D eigenvalue weighted by molar-refractivity contribution is 0.0961. The van der Waals surface area contributed by atoms with Gasteiger partial charge in [0.15, 0.2) is 5.76 Å². The Bertz CT molecular complexity index is 289. The van der Waals surface area contributed by atoms with Crippen LogP contribution in [0, 0.1) is 0 Å². The van der Waals surface area contributed by atoms with Crippen LogP contribution in [0.3, 0.4) is 0 Å². The van der Waals surface area contributed by atoms with Gasteiger partial charge in [-0.1, -0.05) is 0 Å². The minimum Gasteiger partial charge on any atom is -0.461 e. The van der Waals surface area contributed by atoms with E-state index >= 15 is 0 Å². The molecule has 1 aliphatic heterocycles. The van der Waals surface area contributed by atoms with E-state index in [2.05, 4.69) is 10.6 Å². The fraction of sp³-hybridized carbons (Fsp3) is 0.500.